The predicted octanol–water partition coefficient (Wildman–Crippen LogP) is 2.45. The van der Waals surface area contributed by atoms with Crippen molar-refractivity contribution < 1.29 is 23.8 Å². The summed E-state index contributed by atoms with van der Waals surface area (Å²) < 4.78 is 15.5. The van der Waals surface area contributed by atoms with Crippen molar-refractivity contribution in [3.05, 3.63) is 12.2 Å². The molecule has 5 unspecified atom stereocenters. The van der Waals surface area contributed by atoms with E-state index in [-0.39, 0.29) is 18.5 Å². The van der Waals surface area contributed by atoms with Gasteiger partial charge in [0.1, 0.15) is 0 Å². The highest BCUT2D eigenvalue weighted by atomic mass is 16.7. The Morgan fingerprint density at radius 3 is 2.64 bits per heavy atom. The summed E-state index contributed by atoms with van der Waals surface area (Å²) >= 11 is 0. The van der Waals surface area contributed by atoms with Crippen LogP contribution in [0.5, 0.6) is 0 Å². The van der Waals surface area contributed by atoms with Crippen molar-refractivity contribution in [1.82, 2.24) is 0 Å². The zero-order chi connectivity index (χ0) is 15.7. The molecule has 3 aliphatic rings. The van der Waals surface area contributed by atoms with Crippen LogP contribution in [0, 0.1) is 23.7 Å². The average Bonchev–Trinajstić information content (AvgIpc) is 3.17. The first-order valence-electron chi connectivity index (χ1n) is 8.16. The van der Waals surface area contributed by atoms with E-state index in [1.54, 1.807) is 0 Å². The molecular formula is C17H24O5. The molecule has 0 radical (unpaired) electrons. The van der Waals surface area contributed by atoms with Gasteiger partial charge in [-0.3, -0.25) is 0 Å². The van der Waals surface area contributed by atoms with Crippen LogP contribution < -0.4 is 0 Å². The number of ether oxygens (including phenoxy) is 3. The highest BCUT2D eigenvalue weighted by molar-refractivity contribution is 5.88. The minimum atomic E-state index is -0.586. The van der Waals surface area contributed by atoms with Gasteiger partial charge in [0, 0.05) is 5.57 Å². The van der Waals surface area contributed by atoms with E-state index in [0.717, 1.165) is 24.2 Å². The quantitative estimate of drug-likeness (QED) is 0.428. The molecule has 0 aliphatic heterocycles. The summed E-state index contributed by atoms with van der Waals surface area (Å²) in [6, 6.07) is 0. The molecule has 3 saturated carbocycles. The number of rotatable bonds is 6. The first-order chi connectivity index (χ1) is 10.6. The summed E-state index contributed by atoms with van der Waals surface area (Å²) in [5.41, 5.74) is 0.261. The third kappa shape index (κ3) is 3.05. The molecule has 0 amide bonds. The topological polar surface area (TPSA) is 61.8 Å². The molecule has 2 bridgehead atoms. The Balaban J connectivity index is 1.36. The van der Waals surface area contributed by atoms with Crippen molar-refractivity contribution in [1.29, 1.82) is 0 Å². The van der Waals surface area contributed by atoms with Gasteiger partial charge in [0.15, 0.2) is 13.4 Å². The fourth-order valence-electron chi connectivity index (χ4n) is 4.68. The van der Waals surface area contributed by atoms with Gasteiger partial charge in [0.25, 0.3) is 0 Å². The van der Waals surface area contributed by atoms with Crippen molar-refractivity contribution in [3.8, 4) is 0 Å². The van der Waals surface area contributed by atoms with Crippen LogP contribution in [-0.2, 0) is 23.8 Å². The normalized spacial score (nSPS) is 35.2. The van der Waals surface area contributed by atoms with Gasteiger partial charge in [-0.05, 0) is 62.7 Å². The lowest BCUT2D eigenvalue weighted by atomic mass is 9.81. The Bertz CT molecular complexity index is 472. The van der Waals surface area contributed by atoms with Crippen molar-refractivity contribution in [2.75, 3.05) is 13.4 Å². The molecule has 5 heteroatoms. The molecule has 3 aliphatic carbocycles. The molecule has 0 aromatic rings. The van der Waals surface area contributed by atoms with E-state index in [1.165, 1.54) is 32.6 Å². The molecule has 0 aromatic heterocycles. The first kappa shape index (κ1) is 15.5. The minimum Gasteiger partial charge on any atom is -0.450 e. The predicted molar refractivity (Wildman–Crippen MR) is 78.7 cm³/mol. The lowest BCUT2D eigenvalue weighted by Gasteiger charge is -2.28. The Hall–Kier alpha value is -1.36. The fourth-order valence-corrected chi connectivity index (χ4v) is 4.68. The molecule has 22 heavy (non-hydrogen) atoms. The van der Waals surface area contributed by atoms with Gasteiger partial charge in [0.05, 0.1) is 6.10 Å². The molecular weight excluding hydrogens is 284 g/mol. The van der Waals surface area contributed by atoms with E-state index in [0.29, 0.717) is 5.92 Å². The summed E-state index contributed by atoms with van der Waals surface area (Å²) in [7, 11) is 0. The minimum absolute atomic E-state index is 0.0469. The van der Waals surface area contributed by atoms with Gasteiger partial charge in [-0.1, -0.05) is 6.58 Å². The molecule has 3 fully saturated rings. The van der Waals surface area contributed by atoms with E-state index in [1.807, 2.05) is 0 Å². The smallest absolute Gasteiger partial charge is 0.346 e. The van der Waals surface area contributed by atoms with Crippen LogP contribution in [0.1, 0.15) is 39.0 Å². The first-order valence-corrected chi connectivity index (χ1v) is 8.16. The second kappa shape index (κ2) is 6.41. The van der Waals surface area contributed by atoms with Crippen LogP contribution >= 0.6 is 0 Å². The number of esters is 2. The SMILES string of the molecule is C=C(C)C(=O)OCC(=O)OCOC1CCC2C3CCC(C3)C12. The molecule has 5 atom stereocenters. The molecule has 0 aromatic carbocycles. The number of hydrogen-bond acceptors (Lipinski definition) is 5. The van der Waals surface area contributed by atoms with Gasteiger partial charge in [0.2, 0.25) is 0 Å². The fraction of sp³-hybridized carbons (Fsp3) is 0.765. The van der Waals surface area contributed by atoms with Crippen molar-refractivity contribution in [2.45, 2.75) is 45.1 Å². The van der Waals surface area contributed by atoms with Crippen molar-refractivity contribution in [2.24, 2.45) is 23.7 Å². The Morgan fingerprint density at radius 2 is 1.86 bits per heavy atom. The Labute approximate surface area is 131 Å². The Morgan fingerprint density at radius 1 is 1.09 bits per heavy atom. The van der Waals surface area contributed by atoms with Gasteiger partial charge in [-0.25, -0.2) is 9.59 Å². The second-order valence-corrected chi connectivity index (χ2v) is 6.85. The van der Waals surface area contributed by atoms with Crippen LogP contribution in [0.2, 0.25) is 0 Å². The summed E-state index contributed by atoms with van der Waals surface area (Å²) in [6.45, 7) is 4.54. The second-order valence-electron chi connectivity index (χ2n) is 6.85. The third-order valence-corrected chi connectivity index (χ3v) is 5.54. The lowest BCUT2D eigenvalue weighted by Crippen LogP contribution is -2.29. The Kier molecular flexibility index (Phi) is 4.52. The molecule has 0 heterocycles. The summed E-state index contributed by atoms with van der Waals surface area (Å²) in [5, 5.41) is 0. The molecule has 0 saturated heterocycles. The van der Waals surface area contributed by atoms with E-state index < -0.39 is 18.5 Å². The summed E-state index contributed by atoms with van der Waals surface area (Å²) in [6.07, 6.45) is 6.65. The number of fused-ring (bicyclic) bond motifs is 5. The van der Waals surface area contributed by atoms with Gasteiger partial charge >= 0.3 is 11.9 Å². The summed E-state index contributed by atoms with van der Waals surface area (Å²) in [5.74, 6) is 2.05. The lowest BCUT2D eigenvalue weighted by molar-refractivity contribution is -0.171. The van der Waals surface area contributed by atoms with Crippen LogP contribution in [0.15, 0.2) is 12.2 Å². The highest BCUT2D eigenvalue weighted by Crippen LogP contribution is 2.59. The zero-order valence-electron chi connectivity index (χ0n) is 13.1. The van der Waals surface area contributed by atoms with Crippen LogP contribution in [0.25, 0.3) is 0 Å². The third-order valence-electron chi connectivity index (χ3n) is 5.54. The number of carbonyl (C=O) groups is 2. The molecule has 3 rings (SSSR count). The highest BCUT2D eigenvalue weighted by Gasteiger charge is 2.53. The number of hydrogen-bond donors (Lipinski definition) is 0. The van der Waals surface area contributed by atoms with E-state index >= 15 is 0 Å². The van der Waals surface area contributed by atoms with Gasteiger partial charge < -0.3 is 14.2 Å². The molecule has 122 valence electrons. The maximum atomic E-state index is 11.5. The van der Waals surface area contributed by atoms with Crippen molar-refractivity contribution >= 4 is 11.9 Å². The van der Waals surface area contributed by atoms with E-state index in [4.69, 9.17) is 14.2 Å². The number of carbonyl (C=O) groups excluding carboxylic acids is 2. The monoisotopic (exact) mass is 308 g/mol. The average molecular weight is 308 g/mol. The largest absolute Gasteiger partial charge is 0.450 e. The van der Waals surface area contributed by atoms with Crippen LogP contribution in [-0.4, -0.2) is 31.4 Å². The molecule has 5 nitrogen and oxygen atoms in total. The summed E-state index contributed by atoms with van der Waals surface area (Å²) in [4.78, 5) is 22.7. The van der Waals surface area contributed by atoms with Crippen LogP contribution in [0.4, 0.5) is 0 Å². The maximum absolute atomic E-state index is 11.5. The molecule has 0 N–H and O–H groups in total. The van der Waals surface area contributed by atoms with E-state index in [9.17, 15) is 9.59 Å². The van der Waals surface area contributed by atoms with Crippen LogP contribution in [0.3, 0.4) is 0 Å². The van der Waals surface area contributed by atoms with Gasteiger partial charge in [-0.15, -0.1) is 0 Å². The van der Waals surface area contributed by atoms with Crippen molar-refractivity contribution in [3.63, 3.8) is 0 Å². The van der Waals surface area contributed by atoms with Gasteiger partial charge in [-0.2, -0.15) is 0 Å². The standard InChI is InChI=1S/C17H24O5/c1-10(2)17(19)20-8-15(18)22-9-21-14-6-5-13-11-3-4-12(7-11)16(13)14/h11-14,16H,1,3-9H2,2H3. The van der Waals surface area contributed by atoms with E-state index in [2.05, 4.69) is 6.58 Å². The molecule has 0 spiro atoms. The zero-order valence-corrected chi connectivity index (χ0v) is 13.1. The maximum Gasteiger partial charge on any atom is 0.346 e.